The molecule has 114 valence electrons. The molecule has 0 spiro atoms. The van der Waals surface area contributed by atoms with Gasteiger partial charge in [-0.3, -0.25) is 4.79 Å². The van der Waals surface area contributed by atoms with Crippen LogP contribution in [0.15, 0.2) is 24.3 Å². The zero-order valence-electron chi connectivity index (χ0n) is 11.8. The van der Waals surface area contributed by atoms with Crippen LogP contribution < -0.4 is 10.2 Å². The molecule has 2 N–H and O–H groups in total. The average molecular weight is 312 g/mol. The van der Waals surface area contributed by atoms with Crippen molar-refractivity contribution in [3.63, 3.8) is 0 Å². The van der Waals surface area contributed by atoms with E-state index in [2.05, 4.69) is 5.32 Å². The fraction of sp³-hybridized carbons (Fsp3) is 0.429. The molecule has 6 nitrogen and oxygen atoms in total. The highest BCUT2D eigenvalue weighted by atomic mass is 35.5. The minimum atomic E-state index is -0.292. The van der Waals surface area contributed by atoms with Crippen molar-refractivity contribution in [2.45, 2.75) is 12.5 Å². The van der Waals surface area contributed by atoms with Crippen LogP contribution in [0.3, 0.4) is 0 Å². The number of carbonyl (C=O) groups is 2. The van der Waals surface area contributed by atoms with Gasteiger partial charge in [-0.2, -0.15) is 0 Å². The molecule has 7 heteroatoms. The zero-order chi connectivity index (χ0) is 15.4. The molecule has 0 bridgehead atoms. The van der Waals surface area contributed by atoms with Crippen LogP contribution in [0, 0.1) is 0 Å². The highest BCUT2D eigenvalue weighted by molar-refractivity contribution is 6.30. The molecule has 1 aliphatic rings. The first-order valence-electron chi connectivity index (χ1n) is 6.69. The standard InChI is InChI=1S/C14H18ClN3O3/c1-17(6-7-19)14(21)16-11-8-13(20)18(9-11)12-4-2-10(15)3-5-12/h2-5,11,19H,6-9H2,1H3,(H,16,21)/t11-/m0/s1. The quantitative estimate of drug-likeness (QED) is 0.874. The number of halogens is 1. The van der Waals surface area contributed by atoms with Gasteiger partial charge in [0.05, 0.1) is 12.6 Å². The number of hydrogen-bond acceptors (Lipinski definition) is 3. The number of benzene rings is 1. The van der Waals surface area contributed by atoms with E-state index in [0.29, 0.717) is 11.6 Å². The third kappa shape index (κ3) is 3.86. The van der Waals surface area contributed by atoms with E-state index < -0.39 is 0 Å². The van der Waals surface area contributed by atoms with Crippen molar-refractivity contribution >= 4 is 29.2 Å². The second-order valence-electron chi connectivity index (χ2n) is 4.98. The summed E-state index contributed by atoms with van der Waals surface area (Å²) in [6, 6.07) is 6.49. The van der Waals surface area contributed by atoms with Crippen molar-refractivity contribution in [1.82, 2.24) is 10.2 Å². The Kier molecular flexibility index (Phi) is 5.03. The molecular weight excluding hydrogens is 294 g/mol. The third-order valence-corrected chi connectivity index (χ3v) is 3.63. The molecule has 1 aromatic carbocycles. The Balaban J connectivity index is 1.96. The SMILES string of the molecule is CN(CCO)C(=O)N[C@H]1CC(=O)N(c2ccc(Cl)cc2)C1. The van der Waals surface area contributed by atoms with Crippen molar-refractivity contribution < 1.29 is 14.7 Å². The topological polar surface area (TPSA) is 72.9 Å². The van der Waals surface area contributed by atoms with Crippen LogP contribution in [0.25, 0.3) is 0 Å². The third-order valence-electron chi connectivity index (χ3n) is 3.37. The van der Waals surface area contributed by atoms with Gasteiger partial charge < -0.3 is 20.2 Å². The predicted molar refractivity (Wildman–Crippen MR) is 80.5 cm³/mol. The van der Waals surface area contributed by atoms with Gasteiger partial charge in [0, 0.05) is 37.3 Å². The molecule has 0 radical (unpaired) electrons. The average Bonchev–Trinajstić information content (AvgIpc) is 2.80. The summed E-state index contributed by atoms with van der Waals surface area (Å²) < 4.78 is 0. The molecule has 3 amide bonds. The molecule has 1 fully saturated rings. The molecule has 1 atom stereocenters. The molecule has 0 aromatic heterocycles. The van der Waals surface area contributed by atoms with Crippen molar-refractivity contribution in [2.75, 3.05) is 31.6 Å². The van der Waals surface area contributed by atoms with Crippen molar-refractivity contribution in [1.29, 1.82) is 0 Å². The van der Waals surface area contributed by atoms with E-state index in [1.54, 1.807) is 36.2 Å². The smallest absolute Gasteiger partial charge is 0.317 e. The van der Waals surface area contributed by atoms with E-state index in [1.165, 1.54) is 4.90 Å². The van der Waals surface area contributed by atoms with E-state index in [-0.39, 0.29) is 37.6 Å². The lowest BCUT2D eigenvalue weighted by atomic mass is 10.2. The van der Waals surface area contributed by atoms with E-state index in [0.717, 1.165) is 5.69 Å². The Morgan fingerprint density at radius 1 is 1.48 bits per heavy atom. The van der Waals surface area contributed by atoms with Gasteiger partial charge in [-0.05, 0) is 24.3 Å². The number of aliphatic hydroxyl groups is 1. The number of likely N-dealkylation sites (N-methyl/N-ethyl adjacent to an activating group) is 1. The van der Waals surface area contributed by atoms with E-state index in [1.807, 2.05) is 0 Å². The molecule has 0 aliphatic carbocycles. The van der Waals surface area contributed by atoms with Crippen LogP contribution in [-0.4, -0.2) is 54.7 Å². The molecule has 1 aromatic rings. The largest absolute Gasteiger partial charge is 0.395 e. The molecule has 0 unspecified atom stereocenters. The molecule has 2 rings (SSSR count). The molecule has 1 heterocycles. The Labute approximate surface area is 128 Å². The molecule has 21 heavy (non-hydrogen) atoms. The number of urea groups is 1. The summed E-state index contributed by atoms with van der Waals surface area (Å²) in [6.07, 6.45) is 0.265. The first-order valence-corrected chi connectivity index (χ1v) is 7.07. The van der Waals surface area contributed by atoms with Gasteiger partial charge in [0.25, 0.3) is 0 Å². The highest BCUT2D eigenvalue weighted by Crippen LogP contribution is 2.23. The maximum Gasteiger partial charge on any atom is 0.317 e. The monoisotopic (exact) mass is 311 g/mol. The van der Waals surface area contributed by atoms with E-state index >= 15 is 0 Å². The summed E-state index contributed by atoms with van der Waals surface area (Å²) in [6.45, 7) is 0.594. The van der Waals surface area contributed by atoms with E-state index in [9.17, 15) is 9.59 Å². The van der Waals surface area contributed by atoms with Gasteiger partial charge in [-0.15, -0.1) is 0 Å². The van der Waals surface area contributed by atoms with Crippen LogP contribution in [-0.2, 0) is 4.79 Å². The maximum atomic E-state index is 12.0. The second kappa shape index (κ2) is 6.78. The number of amides is 3. The predicted octanol–water partition coefficient (Wildman–Crippen LogP) is 1.08. The summed E-state index contributed by atoms with van der Waals surface area (Å²) in [5.41, 5.74) is 0.768. The number of hydrogen-bond donors (Lipinski definition) is 2. The number of anilines is 1. The summed E-state index contributed by atoms with van der Waals surface area (Å²) in [5, 5.41) is 12.2. The van der Waals surface area contributed by atoms with Crippen LogP contribution in [0.1, 0.15) is 6.42 Å². The minimum absolute atomic E-state index is 0.0348. The normalized spacial score (nSPS) is 18.0. The van der Waals surface area contributed by atoms with Gasteiger partial charge in [0.2, 0.25) is 5.91 Å². The Morgan fingerprint density at radius 2 is 2.14 bits per heavy atom. The number of aliphatic hydroxyl groups excluding tert-OH is 1. The summed E-state index contributed by atoms with van der Waals surface area (Å²) in [4.78, 5) is 26.9. The lowest BCUT2D eigenvalue weighted by Gasteiger charge is -2.20. The number of carbonyl (C=O) groups excluding carboxylic acids is 2. The summed E-state index contributed by atoms with van der Waals surface area (Å²) in [5.74, 6) is -0.0348. The van der Waals surface area contributed by atoms with Gasteiger partial charge in [0.1, 0.15) is 0 Å². The Morgan fingerprint density at radius 3 is 2.76 bits per heavy atom. The Bertz CT molecular complexity index is 521. The summed E-state index contributed by atoms with van der Waals surface area (Å²) in [7, 11) is 1.60. The van der Waals surface area contributed by atoms with Crippen molar-refractivity contribution in [3.8, 4) is 0 Å². The van der Waals surface area contributed by atoms with Crippen LogP contribution in [0.4, 0.5) is 10.5 Å². The van der Waals surface area contributed by atoms with E-state index in [4.69, 9.17) is 16.7 Å². The minimum Gasteiger partial charge on any atom is -0.395 e. The van der Waals surface area contributed by atoms with Crippen LogP contribution >= 0.6 is 11.6 Å². The maximum absolute atomic E-state index is 12.0. The second-order valence-corrected chi connectivity index (χ2v) is 5.41. The number of rotatable bonds is 4. The number of nitrogens with one attached hydrogen (secondary N) is 1. The molecule has 1 saturated heterocycles. The Hall–Kier alpha value is -1.79. The lowest BCUT2D eigenvalue weighted by molar-refractivity contribution is -0.117. The molecule has 1 aliphatic heterocycles. The van der Waals surface area contributed by atoms with Gasteiger partial charge in [-0.1, -0.05) is 11.6 Å². The highest BCUT2D eigenvalue weighted by Gasteiger charge is 2.32. The van der Waals surface area contributed by atoms with Crippen LogP contribution in [0.2, 0.25) is 5.02 Å². The van der Waals surface area contributed by atoms with Crippen LogP contribution in [0.5, 0.6) is 0 Å². The first kappa shape index (κ1) is 15.6. The summed E-state index contributed by atoms with van der Waals surface area (Å²) >= 11 is 5.83. The molecule has 0 saturated carbocycles. The lowest BCUT2D eigenvalue weighted by Crippen LogP contribution is -2.45. The first-order chi connectivity index (χ1) is 10.0. The van der Waals surface area contributed by atoms with Crippen molar-refractivity contribution in [3.05, 3.63) is 29.3 Å². The van der Waals surface area contributed by atoms with Gasteiger partial charge in [-0.25, -0.2) is 4.79 Å². The fourth-order valence-electron chi connectivity index (χ4n) is 2.21. The van der Waals surface area contributed by atoms with Gasteiger partial charge in [0.15, 0.2) is 0 Å². The van der Waals surface area contributed by atoms with Crippen molar-refractivity contribution in [2.24, 2.45) is 0 Å². The molecular formula is C14H18ClN3O3. The van der Waals surface area contributed by atoms with Gasteiger partial charge >= 0.3 is 6.03 Å². The number of nitrogens with zero attached hydrogens (tertiary/aromatic N) is 2. The fourth-order valence-corrected chi connectivity index (χ4v) is 2.34. The zero-order valence-corrected chi connectivity index (χ0v) is 12.5.